The third-order valence-electron chi connectivity index (χ3n) is 4.83. The zero-order valence-electron chi connectivity index (χ0n) is 17.8. The molecule has 9 heteroatoms. The Balaban J connectivity index is 1.79. The zero-order chi connectivity index (χ0) is 23.2. The van der Waals surface area contributed by atoms with Gasteiger partial charge in [0.15, 0.2) is 17.3 Å². The lowest BCUT2D eigenvalue weighted by Gasteiger charge is -2.15. The number of ether oxygens (including phenoxy) is 1. The molecule has 0 saturated heterocycles. The average Bonchev–Trinajstić information content (AvgIpc) is 3.24. The second-order valence-electron chi connectivity index (χ2n) is 6.96. The van der Waals surface area contributed by atoms with E-state index in [1.54, 1.807) is 30.6 Å². The predicted molar refractivity (Wildman–Crippen MR) is 124 cm³/mol. The van der Waals surface area contributed by atoms with Gasteiger partial charge in [-0.3, -0.25) is 4.79 Å². The fourth-order valence-corrected chi connectivity index (χ4v) is 3.25. The highest BCUT2D eigenvalue weighted by atomic mass is 19.1. The van der Waals surface area contributed by atoms with Crippen LogP contribution >= 0.6 is 0 Å². The summed E-state index contributed by atoms with van der Waals surface area (Å²) in [6.07, 6.45) is 17.3. The minimum atomic E-state index is -0.557. The van der Waals surface area contributed by atoms with Crippen molar-refractivity contribution < 1.29 is 9.13 Å². The first-order valence-electron chi connectivity index (χ1n) is 10.1. The molecule has 0 radical (unpaired) electrons. The Kier molecular flexibility index (Phi) is 6.40. The Morgan fingerprint density at radius 3 is 2.91 bits per heavy atom. The number of nitrogens with zero attached hydrogens (tertiary/aromatic N) is 4. The van der Waals surface area contributed by atoms with Gasteiger partial charge >= 0.3 is 0 Å². The number of hydrogen-bond donors (Lipinski definition) is 2. The molecule has 166 valence electrons. The van der Waals surface area contributed by atoms with E-state index in [4.69, 9.17) is 10.1 Å². The first kappa shape index (κ1) is 21.7. The van der Waals surface area contributed by atoms with E-state index in [1.165, 1.54) is 34.8 Å². The molecule has 3 aromatic rings. The topological polar surface area (TPSA) is 97.8 Å². The molecule has 1 aliphatic rings. The molecule has 1 aromatic carbocycles. The van der Waals surface area contributed by atoms with Crippen molar-refractivity contribution in [3.63, 3.8) is 0 Å². The van der Waals surface area contributed by atoms with Crippen LogP contribution in [0.4, 0.5) is 4.39 Å². The van der Waals surface area contributed by atoms with Crippen LogP contribution < -0.4 is 15.5 Å². The molecule has 0 amide bonds. The first-order chi connectivity index (χ1) is 16.1. The summed E-state index contributed by atoms with van der Waals surface area (Å²) >= 11 is 0. The summed E-state index contributed by atoms with van der Waals surface area (Å²) in [7, 11) is 1.36. The minimum absolute atomic E-state index is 0.0136. The average molecular weight is 444 g/mol. The number of allylic oxidation sites excluding steroid dienone is 6. The van der Waals surface area contributed by atoms with E-state index in [9.17, 15) is 4.79 Å². The SMILES string of the molecule is COc1cn(-c2ccc(-n3cccn3)cc2F)nc(/C(=C/C=N)NC2=CCC=CC=C2)c1=O. The summed E-state index contributed by atoms with van der Waals surface area (Å²) in [4.78, 5) is 13.0. The third kappa shape index (κ3) is 4.72. The van der Waals surface area contributed by atoms with E-state index in [1.807, 2.05) is 30.4 Å². The van der Waals surface area contributed by atoms with Crippen LogP contribution in [-0.2, 0) is 0 Å². The monoisotopic (exact) mass is 444 g/mol. The van der Waals surface area contributed by atoms with Crippen molar-refractivity contribution >= 4 is 11.9 Å². The van der Waals surface area contributed by atoms with Gasteiger partial charge in [0.25, 0.3) is 5.43 Å². The lowest BCUT2D eigenvalue weighted by Crippen LogP contribution is -2.24. The van der Waals surface area contributed by atoms with E-state index in [0.29, 0.717) is 12.1 Å². The van der Waals surface area contributed by atoms with Crippen LogP contribution in [0, 0.1) is 11.2 Å². The maximum Gasteiger partial charge on any atom is 0.251 e. The summed E-state index contributed by atoms with van der Waals surface area (Å²) in [5.74, 6) is -0.571. The maximum absolute atomic E-state index is 15.1. The smallest absolute Gasteiger partial charge is 0.251 e. The van der Waals surface area contributed by atoms with Gasteiger partial charge in [-0.15, -0.1) is 0 Å². The number of rotatable bonds is 7. The second kappa shape index (κ2) is 9.73. The molecule has 2 N–H and O–H groups in total. The van der Waals surface area contributed by atoms with Gasteiger partial charge in [-0.25, -0.2) is 13.8 Å². The third-order valence-corrected chi connectivity index (χ3v) is 4.83. The van der Waals surface area contributed by atoms with Gasteiger partial charge in [-0.2, -0.15) is 10.2 Å². The molecule has 0 bridgehead atoms. The number of hydrogen-bond acceptors (Lipinski definition) is 6. The highest BCUT2D eigenvalue weighted by Gasteiger charge is 2.17. The Morgan fingerprint density at radius 1 is 1.30 bits per heavy atom. The van der Waals surface area contributed by atoms with Crippen molar-refractivity contribution in [3.05, 3.63) is 107 Å². The standard InChI is InChI=1S/C24H21FN6O2/c1-33-22-16-31(21-10-9-18(15-19(21)25)30-14-6-13-27-30)29-23(24(22)32)20(11-12-26)28-17-7-4-2-3-5-8-17/h2-4,6-16,26,28H,5H2,1H3/b20-11-,26-12?. The lowest BCUT2D eigenvalue weighted by molar-refractivity contribution is 0.404. The van der Waals surface area contributed by atoms with Crippen molar-refractivity contribution in [2.75, 3.05) is 7.11 Å². The van der Waals surface area contributed by atoms with E-state index >= 15 is 4.39 Å². The Bertz CT molecular complexity index is 1350. The highest BCUT2D eigenvalue weighted by Crippen LogP contribution is 2.20. The molecule has 2 heterocycles. The normalized spacial score (nSPS) is 13.4. The summed E-state index contributed by atoms with van der Waals surface area (Å²) in [5, 5.41) is 19.1. The van der Waals surface area contributed by atoms with Crippen LogP contribution in [0.25, 0.3) is 17.1 Å². The van der Waals surface area contributed by atoms with Crippen LogP contribution in [0.15, 0.2) is 89.8 Å². The van der Waals surface area contributed by atoms with Crippen molar-refractivity contribution in [2.24, 2.45) is 0 Å². The number of methoxy groups -OCH3 is 1. The van der Waals surface area contributed by atoms with Crippen molar-refractivity contribution in [3.8, 4) is 17.1 Å². The summed E-state index contributed by atoms with van der Waals surface area (Å²) in [5.41, 5.74) is 1.19. The van der Waals surface area contributed by atoms with Crippen molar-refractivity contribution in [2.45, 2.75) is 6.42 Å². The molecule has 8 nitrogen and oxygen atoms in total. The highest BCUT2D eigenvalue weighted by molar-refractivity contribution is 5.82. The number of benzene rings is 1. The molecular formula is C24H21FN6O2. The largest absolute Gasteiger partial charge is 0.491 e. The van der Waals surface area contributed by atoms with Gasteiger partial charge in [-0.05, 0) is 36.8 Å². The summed E-state index contributed by atoms with van der Waals surface area (Å²) in [6.45, 7) is 0. The fourth-order valence-electron chi connectivity index (χ4n) is 3.25. The molecule has 0 saturated carbocycles. The molecule has 33 heavy (non-hydrogen) atoms. The molecule has 0 atom stereocenters. The molecular weight excluding hydrogens is 423 g/mol. The lowest BCUT2D eigenvalue weighted by atomic mass is 10.2. The molecule has 0 unspecified atom stereocenters. The Labute approximate surface area is 189 Å². The Hall–Kier alpha value is -4.53. The summed E-state index contributed by atoms with van der Waals surface area (Å²) < 4.78 is 23.1. The number of aromatic nitrogens is 4. The number of nitrogens with one attached hydrogen (secondary N) is 2. The Morgan fingerprint density at radius 2 is 2.18 bits per heavy atom. The van der Waals surface area contributed by atoms with Crippen molar-refractivity contribution in [1.82, 2.24) is 24.9 Å². The second-order valence-corrected chi connectivity index (χ2v) is 6.96. The summed E-state index contributed by atoms with van der Waals surface area (Å²) in [6, 6.07) is 6.31. The maximum atomic E-state index is 15.1. The zero-order valence-corrected chi connectivity index (χ0v) is 17.8. The van der Waals surface area contributed by atoms with Crippen LogP contribution in [0.2, 0.25) is 0 Å². The molecule has 4 rings (SSSR count). The predicted octanol–water partition coefficient (Wildman–Crippen LogP) is 3.55. The minimum Gasteiger partial charge on any atom is -0.491 e. The molecule has 0 fully saturated rings. The van der Waals surface area contributed by atoms with Crippen LogP contribution in [0.3, 0.4) is 0 Å². The molecule has 0 spiro atoms. The van der Waals surface area contributed by atoms with Crippen LogP contribution in [0.1, 0.15) is 12.1 Å². The molecule has 2 aromatic heterocycles. The quantitative estimate of drug-likeness (QED) is 0.543. The van der Waals surface area contributed by atoms with Gasteiger partial charge in [0.05, 0.1) is 24.7 Å². The molecule has 1 aliphatic carbocycles. The van der Waals surface area contributed by atoms with E-state index in [0.717, 1.165) is 11.9 Å². The van der Waals surface area contributed by atoms with Gasteiger partial charge < -0.3 is 15.5 Å². The van der Waals surface area contributed by atoms with Crippen molar-refractivity contribution in [1.29, 1.82) is 5.41 Å². The molecule has 0 aliphatic heterocycles. The van der Waals surface area contributed by atoms with Gasteiger partial charge in [0.1, 0.15) is 5.69 Å². The number of halogens is 1. The van der Waals surface area contributed by atoms with Crippen LogP contribution in [0.5, 0.6) is 5.75 Å². The van der Waals surface area contributed by atoms with Crippen LogP contribution in [-0.4, -0.2) is 32.9 Å². The van der Waals surface area contributed by atoms with Gasteiger partial charge in [0, 0.05) is 30.4 Å². The van der Waals surface area contributed by atoms with E-state index in [-0.39, 0.29) is 22.8 Å². The fraction of sp³-hybridized carbons (Fsp3) is 0.0833. The van der Waals surface area contributed by atoms with Gasteiger partial charge in [-0.1, -0.05) is 24.3 Å². The van der Waals surface area contributed by atoms with E-state index in [2.05, 4.69) is 15.5 Å². The van der Waals surface area contributed by atoms with E-state index < -0.39 is 11.2 Å². The van der Waals surface area contributed by atoms with Gasteiger partial charge in [0.2, 0.25) is 0 Å². The first-order valence-corrected chi connectivity index (χ1v) is 10.1.